The third kappa shape index (κ3) is 3.36. The Morgan fingerprint density at radius 2 is 2.18 bits per heavy atom. The highest BCUT2D eigenvalue weighted by Crippen LogP contribution is 2.26. The van der Waals surface area contributed by atoms with Gasteiger partial charge in [0.2, 0.25) is 0 Å². The van der Waals surface area contributed by atoms with Crippen molar-refractivity contribution in [2.75, 3.05) is 25.5 Å². The molecule has 8 nitrogen and oxygen atoms in total. The average molecular weight is 407 g/mol. The Morgan fingerprint density at radius 1 is 1.39 bits per heavy atom. The van der Waals surface area contributed by atoms with Gasteiger partial charge in [0.25, 0.3) is 5.91 Å². The Hall–Kier alpha value is -2.49. The molecule has 2 aromatic rings. The fraction of sp³-hybridized carbons (Fsp3) is 0.389. The second-order valence-corrected chi connectivity index (χ2v) is 7.58. The van der Waals surface area contributed by atoms with Gasteiger partial charge in [-0.15, -0.1) is 0 Å². The highest BCUT2D eigenvalue weighted by molar-refractivity contribution is 6.31. The lowest BCUT2D eigenvalue weighted by atomic mass is 10.0. The average Bonchev–Trinajstić information content (AvgIpc) is 2.88. The highest BCUT2D eigenvalue weighted by Gasteiger charge is 2.36. The number of halogens is 2. The number of fused-ring (bicyclic) bond motifs is 3. The topological polar surface area (TPSA) is 96.5 Å². The van der Waals surface area contributed by atoms with E-state index in [1.807, 2.05) is 11.9 Å². The zero-order valence-electron chi connectivity index (χ0n) is 15.3. The van der Waals surface area contributed by atoms with Crippen LogP contribution in [0.1, 0.15) is 21.7 Å². The Balaban J connectivity index is 1.59. The second kappa shape index (κ2) is 7.16. The van der Waals surface area contributed by atoms with Gasteiger partial charge in [-0.3, -0.25) is 19.3 Å². The maximum Gasteiger partial charge on any atom is 0.328 e. The maximum atomic E-state index is 13.3. The number of amides is 3. The molecule has 0 radical (unpaired) electrons. The molecule has 0 saturated heterocycles. The summed E-state index contributed by atoms with van der Waals surface area (Å²) in [5.74, 6) is -0.972. The normalized spacial score (nSPS) is 19.8. The SMILES string of the molecule is CN1Cc2c3c(nn2CC(N)C1)CCN(C(=O)Nc1ccc(F)c(Cl)c1)C3=O. The molecule has 3 amide bonds. The van der Waals surface area contributed by atoms with E-state index in [2.05, 4.69) is 10.4 Å². The molecule has 10 heteroatoms. The van der Waals surface area contributed by atoms with Gasteiger partial charge in [0.1, 0.15) is 5.82 Å². The summed E-state index contributed by atoms with van der Waals surface area (Å²) < 4.78 is 15.1. The lowest BCUT2D eigenvalue weighted by molar-refractivity contribution is 0.0796. The molecule has 2 aliphatic heterocycles. The predicted octanol–water partition coefficient (Wildman–Crippen LogP) is 1.68. The van der Waals surface area contributed by atoms with Crippen LogP contribution in [0.15, 0.2) is 18.2 Å². The number of nitrogens with zero attached hydrogens (tertiary/aromatic N) is 4. The summed E-state index contributed by atoms with van der Waals surface area (Å²) >= 11 is 5.75. The summed E-state index contributed by atoms with van der Waals surface area (Å²) in [5, 5.41) is 7.05. The summed E-state index contributed by atoms with van der Waals surface area (Å²) in [4.78, 5) is 28.9. The number of rotatable bonds is 1. The van der Waals surface area contributed by atoms with Crippen molar-refractivity contribution in [3.8, 4) is 0 Å². The van der Waals surface area contributed by atoms with E-state index in [1.165, 1.54) is 12.1 Å². The Bertz CT molecular complexity index is 962. The van der Waals surface area contributed by atoms with E-state index in [4.69, 9.17) is 17.3 Å². The summed E-state index contributed by atoms with van der Waals surface area (Å²) in [7, 11) is 1.94. The van der Waals surface area contributed by atoms with Gasteiger partial charge < -0.3 is 11.1 Å². The third-order valence-electron chi connectivity index (χ3n) is 4.95. The first-order valence-electron chi connectivity index (χ1n) is 8.94. The second-order valence-electron chi connectivity index (χ2n) is 7.17. The highest BCUT2D eigenvalue weighted by atomic mass is 35.5. The van der Waals surface area contributed by atoms with Gasteiger partial charge in [-0.1, -0.05) is 11.6 Å². The van der Waals surface area contributed by atoms with Crippen molar-refractivity contribution >= 4 is 29.2 Å². The van der Waals surface area contributed by atoms with Crippen LogP contribution in [0.2, 0.25) is 5.02 Å². The van der Waals surface area contributed by atoms with Crippen molar-refractivity contribution in [2.24, 2.45) is 5.73 Å². The molecule has 0 spiro atoms. The molecule has 1 aromatic carbocycles. The molecule has 4 rings (SSSR count). The van der Waals surface area contributed by atoms with E-state index in [-0.39, 0.29) is 17.6 Å². The van der Waals surface area contributed by atoms with Crippen molar-refractivity contribution < 1.29 is 14.0 Å². The molecule has 1 aromatic heterocycles. The number of nitrogens with two attached hydrogens (primary N) is 1. The molecule has 1 unspecified atom stereocenters. The molecule has 148 valence electrons. The van der Waals surface area contributed by atoms with Crippen LogP contribution in [0.5, 0.6) is 0 Å². The first-order chi connectivity index (χ1) is 13.3. The Kier molecular flexibility index (Phi) is 4.82. The quantitative estimate of drug-likeness (QED) is 0.751. The largest absolute Gasteiger partial charge is 0.328 e. The van der Waals surface area contributed by atoms with Crippen molar-refractivity contribution in [3.05, 3.63) is 46.0 Å². The summed E-state index contributed by atoms with van der Waals surface area (Å²) in [5.41, 5.74) is 8.37. The number of aromatic nitrogens is 2. The van der Waals surface area contributed by atoms with Crippen LogP contribution < -0.4 is 11.1 Å². The first kappa shape index (κ1) is 18.9. The van der Waals surface area contributed by atoms with Gasteiger partial charge in [0.05, 0.1) is 28.5 Å². The zero-order valence-corrected chi connectivity index (χ0v) is 16.0. The molecule has 2 aliphatic rings. The molecule has 0 fully saturated rings. The van der Waals surface area contributed by atoms with Crippen LogP contribution >= 0.6 is 11.6 Å². The first-order valence-corrected chi connectivity index (χ1v) is 9.32. The number of likely N-dealkylation sites (N-methyl/N-ethyl adjacent to an activating group) is 1. The number of hydrogen-bond donors (Lipinski definition) is 2. The molecular weight excluding hydrogens is 387 g/mol. The lowest BCUT2D eigenvalue weighted by Gasteiger charge is -2.25. The Morgan fingerprint density at radius 3 is 2.93 bits per heavy atom. The molecule has 28 heavy (non-hydrogen) atoms. The van der Waals surface area contributed by atoms with E-state index in [0.717, 1.165) is 16.7 Å². The van der Waals surface area contributed by atoms with Crippen molar-refractivity contribution in [1.29, 1.82) is 0 Å². The molecule has 3 heterocycles. The number of benzene rings is 1. The van der Waals surface area contributed by atoms with Crippen molar-refractivity contribution in [3.63, 3.8) is 0 Å². The molecular formula is C18H20ClFN6O2. The van der Waals surface area contributed by atoms with Crippen LogP contribution in [-0.2, 0) is 19.5 Å². The van der Waals surface area contributed by atoms with Crippen LogP contribution in [0.25, 0.3) is 0 Å². The zero-order chi connectivity index (χ0) is 20.0. The summed E-state index contributed by atoms with van der Waals surface area (Å²) in [6, 6.07) is 3.19. The van der Waals surface area contributed by atoms with Crippen molar-refractivity contribution in [2.45, 2.75) is 25.6 Å². The molecule has 0 saturated carbocycles. The number of carbonyl (C=O) groups is 2. The minimum absolute atomic E-state index is 0.0784. The van der Waals surface area contributed by atoms with E-state index in [0.29, 0.717) is 43.0 Å². The number of hydrogen-bond acceptors (Lipinski definition) is 5. The number of anilines is 1. The van der Waals surface area contributed by atoms with E-state index >= 15 is 0 Å². The number of imide groups is 1. The van der Waals surface area contributed by atoms with Crippen LogP contribution in [0.4, 0.5) is 14.9 Å². The van der Waals surface area contributed by atoms with Gasteiger partial charge in [-0.2, -0.15) is 5.10 Å². The minimum atomic E-state index is -0.586. The van der Waals surface area contributed by atoms with Crippen LogP contribution in [0, 0.1) is 5.82 Å². The van der Waals surface area contributed by atoms with E-state index < -0.39 is 17.8 Å². The molecule has 0 aliphatic carbocycles. The summed E-state index contributed by atoms with van der Waals surface area (Å²) in [6.45, 7) is 1.97. The van der Waals surface area contributed by atoms with Crippen LogP contribution in [-0.4, -0.2) is 57.7 Å². The maximum absolute atomic E-state index is 13.3. The van der Waals surface area contributed by atoms with Gasteiger partial charge >= 0.3 is 6.03 Å². The monoisotopic (exact) mass is 406 g/mol. The van der Waals surface area contributed by atoms with Crippen LogP contribution in [0.3, 0.4) is 0 Å². The molecule has 0 bridgehead atoms. The summed E-state index contributed by atoms with van der Waals surface area (Å²) in [6.07, 6.45) is 0.470. The van der Waals surface area contributed by atoms with Gasteiger partial charge in [0.15, 0.2) is 0 Å². The van der Waals surface area contributed by atoms with Crippen molar-refractivity contribution in [1.82, 2.24) is 19.6 Å². The smallest absolute Gasteiger partial charge is 0.325 e. The van der Waals surface area contributed by atoms with Gasteiger partial charge in [0, 0.05) is 37.8 Å². The van der Waals surface area contributed by atoms with E-state index in [9.17, 15) is 14.0 Å². The van der Waals surface area contributed by atoms with E-state index in [1.54, 1.807) is 4.68 Å². The third-order valence-corrected chi connectivity index (χ3v) is 5.24. The Labute approximate surface area is 166 Å². The molecule has 3 N–H and O–H groups in total. The lowest BCUT2D eigenvalue weighted by Crippen LogP contribution is -2.44. The standard InChI is InChI=1S/C18H20ClFN6O2/c1-24-7-10(21)8-26-15(9-24)16-14(23-26)4-5-25(17(16)27)18(28)22-11-2-3-13(20)12(19)6-11/h2-3,6,10H,4-5,7-9,21H2,1H3,(H,22,28). The molecule has 1 atom stereocenters. The van der Waals surface area contributed by atoms with Gasteiger partial charge in [-0.05, 0) is 25.2 Å². The fourth-order valence-electron chi connectivity index (χ4n) is 3.70. The number of nitrogens with one attached hydrogen (secondary N) is 1. The number of carbonyl (C=O) groups excluding carboxylic acids is 2. The fourth-order valence-corrected chi connectivity index (χ4v) is 3.88. The minimum Gasteiger partial charge on any atom is -0.325 e. The number of urea groups is 1. The van der Waals surface area contributed by atoms with Gasteiger partial charge in [-0.25, -0.2) is 9.18 Å². The predicted molar refractivity (Wildman–Crippen MR) is 102 cm³/mol.